The molecule has 0 atom stereocenters. The number of anilines is 1. The number of hydrogen-bond acceptors (Lipinski definition) is 2. The van der Waals surface area contributed by atoms with Crippen LogP contribution in [0.25, 0.3) is 21.8 Å². The number of benzene rings is 2. The lowest BCUT2D eigenvalue weighted by molar-refractivity contribution is 0.550. The molecule has 2 aromatic carbocycles. The Morgan fingerprint density at radius 1 is 0.857 bits per heavy atom. The van der Waals surface area contributed by atoms with Crippen LogP contribution >= 0.6 is 0 Å². The summed E-state index contributed by atoms with van der Waals surface area (Å²) in [6, 6.07) is 17.1. The van der Waals surface area contributed by atoms with E-state index in [-0.39, 0.29) is 0 Å². The van der Waals surface area contributed by atoms with Gasteiger partial charge in [0, 0.05) is 34.5 Å². The van der Waals surface area contributed by atoms with E-state index in [4.69, 9.17) is 5.73 Å². The molecular formula is C17H16N4. The van der Waals surface area contributed by atoms with Gasteiger partial charge in [-0.1, -0.05) is 36.4 Å². The molecule has 4 aromatic rings. The number of nitrogens with two attached hydrogens (primary N) is 1. The zero-order chi connectivity index (χ0) is 14.2. The molecule has 4 nitrogen and oxygen atoms in total. The van der Waals surface area contributed by atoms with Gasteiger partial charge in [0.25, 0.3) is 0 Å². The smallest absolute Gasteiger partial charge is 0.0719 e. The molecule has 0 fully saturated rings. The Labute approximate surface area is 122 Å². The van der Waals surface area contributed by atoms with Crippen molar-refractivity contribution >= 4 is 27.5 Å². The molecule has 4 heteroatoms. The van der Waals surface area contributed by atoms with Crippen molar-refractivity contribution in [2.24, 2.45) is 0 Å². The third kappa shape index (κ3) is 1.96. The zero-order valence-electron chi connectivity index (χ0n) is 11.6. The normalized spacial score (nSPS) is 11.4. The Hall–Kier alpha value is -2.75. The van der Waals surface area contributed by atoms with Crippen LogP contribution in [0.1, 0.15) is 0 Å². The van der Waals surface area contributed by atoms with Crippen molar-refractivity contribution in [2.75, 3.05) is 5.73 Å². The summed E-state index contributed by atoms with van der Waals surface area (Å²) in [6.07, 6.45) is 3.56. The molecule has 21 heavy (non-hydrogen) atoms. The SMILES string of the molecule is Nc1cnn(CCn2c3ccccc3c3ccccc32)c1. The molecular weight excluding hydrogens is 260 g/mol. The quantitative estimate of drug-likeness (QED) is 0.624. The van der Waals surface area contributed by atoms with E-state index in [2.05, 4.69) is 58.2 Å². The first-order chi connectivity index (χ1) is 10.3. The Balaban J connectivity index is 1.82. The molecule has 0 radical (unpaired) electrons. The zero-order valence-corrected chi connectivity index (χ0v) is 11.6. The Morgan fingerprint density at radius 2 is 1.48 bits per heavy atom. The average molecular weight is 276 g/mol. The maximum absolute atomic E-state index is 5.72. The van der Waals surface area contributed by atoms with Gasteiger partial charge in [-0.2, -0.15) is 5.10 Å². The van der Waals surface area contributed by atoms with Crippen molar-refractivity contribution in [1.29, 1.82) is 0 Å². The predicted molar refractivity (Wildman–Crippen MR) is 86.1 cm³/mol. The Bertz CT molecular complexity index is 863. The van der Waals surface area contributed by atoms with Gasteiger partial charge in [0.2, 0.25) is 0 Å². The number of aromatic nitrogens is 3. The predicted octanol–water partition coefficient (Wildman–Crippen LogP) is 3.27. The Morgan fingerprint density at radius 3 is 2.05 bits per heavy atom. The molecule has 0 aliphatic rings. The first-order valence-electron chi connectivity index (χ1n) is 7.07. The van der Waals surface area contributed by atoms with Crippen molar-refractivity contribution in [2.45, 2.75) is 13.1 Å². The van der Waals surface area contributed by atoms with Gasteiger partial charge < -0.3 is 10.3 Å². The lowest BCUT2D eigenvalue weighted by Gasteiger charge is -2.07. The number of rotatable bonds is 3. The van der Waals surface area contributed by atoms with Crippen LogP contribution in [-0.2, 0) is 13.1 Å². The van der Waals surface area contributed by atoms with E-state index in [0.29, 0.717) is 5.69 Å². The summed E-state index contributed by atoms with van der Waals surface area (Å²) in [6.45, 7) is 1.68. The summed E-state index contributed by atoms with van der Waals surface area (Å²) < 4.78 is 4.24. The molecule has 0 amide bonds. The van der Waals surface area contributed by atoms with Crippen molar-refractivity contribution in [3.63, 3.8) is 0 Å². The van der Waals surface area contributed by atoms with Crippen LogP contribution in [0.3, 0.4) is 0 Å². The number of nitrogen functional groups attached to an aromatic ring is 1. The molecule has 4 rings (SSSR count). The molecule has 0 saturated carbocycles. The van der Waals surface area contributed by atoms with E-state index in [1.807, 2.05) is 10.9 Å². The molecule has 0 aliphatic carbocycles. The van der Waals surface area contributed by atoms with Gasteiger partial charge in [0.15, 0.2) is 0 Å². The van der Waals surface area contributed by atoms with E-state index in [1.165, 1.54) is 21.8 Å². The first-order valence-corrected chi connectivity index (χ1v) is 7.07. The number of para-hydroxylation sites is 2. The second kappa shape index (κ2) is 4.66. The lowest BCUT2D eigenvalue weighted by Crippen LogP contribution is -2.07. The molecule has 104 valence electrons. The van der Waals surface area contributed by atoms with Crippen molar-refractivity contribution < 1.29 is 0 Å². The van der Waals surface area contributed by atoms with Gasteiger partial charge in [-0.15, -0.1) is 0 Å². The van der Waals surface area contributed by atoms with E-state index in [9.17, 15) is 0 Å². The van der Waals surface area contributed by atoms with E-state index < -0.39 is 0 Å². The summed E-state index contributed by atoms with van der Waals surface area (Å²) in [7, 11) is 0. The summed E-state index contributed by atoms with van der Waals surface area (Å²) >= 11 is 0. The summed E-state index contributed by atoms with van der Waals surface area (Å²) in [5.74, 6) is 0. The summed E-state index contributed by atoms with van der Waals surface area (Å²) in [4.78, 5) is 0. The van der Waals surface area contributed by atoms with Crippen LogP contribution < -0.4 is 5.73 Å². The number of hydrogen-bond donors (Lipinski definition) is 1. The highest BCUT2D eigenvalue weighted by Crippen LogP contribution is 2.28. The summed E-state index contributed by atoms with van der Waals surface area (Å²) in [5.41, 5.74) is 8.95. The highest BCUT2D eigenvalue weighted by Gasteiger charge is 2.09. The molecule has 0 unspecified atom stereocenters. The van der Waals surface area contributed by atoms with Crippen LogP contribution in [-0.4, -0.2) is 14.3 Å². The first kappa shape index (κ1) is 12.0. The fourth-order valence-corrected chi connectivity index (χ4v) is 2.95. The molecule has 0 aliphatic heterocycles. The number of aryl methyl sites for hydroxylation is 2. The fourth-order valence-electron chi connectivity index (χ4n) is 2.95. The van der Waals surface area contributed by atoms with Gasteiger partial charge in [-0.3, -0.25) is 4.68 Å². The van der Waals surface area contributed by atoms with Crippen LogP contribution in [0.4, 0.5) is 5.69 Å². The highest BCUT2D eigenvalue weighted by molar-refractivity contribution is 6.07. The maximum Gasteiger partial charge on any atom is 0.0719 e. The van der Waals surface area contributed by atoms with E-state index in [1.54, 1.807) is 6.20 Å². The largest absolute Gasteiger partial charge is 0.396 e. The number of fused-ring (bicyclic) bond motifs is 3. The second-order valence-corrected chi connectivity index (χ2v) is 5.22. The number of nitrogens with zero attached hydrogens (tertiary/aromatic N) is 3. The molecule has 2 heterocycles. The highest BCUT2D eigenvalue weighted by atomic mass is 15.3. The minimum absolute atomic E-state index is 0.706. The van der Waals surface area contributed by atoms with Crippen LogP contribution in [0, 0.1) is 0 Å². The van der Waals surface area contributed by atoms with Crippen molar-refractivity contribution in [3.05, 3.63) is 60.9 Å². The van der Waals surface area contributed by atoms with Crippen molar-refractivity contribution in [1.82, 2.24) is 14.3 Å². The molecule has 0 spiro atoms. The maximum atomic E-state index is 5.72. The monoisotopic (exact) mass is 276 g/mol. The third-order valence-corrected chi connectivity index (χ3v) is 3.89. The van der Waals surface area contributed by atoms with E-state index >= 15 is 0 Å². The van der Waals surface area contributed by atoms with Gasteiger partial charge in [-0.05, 0) is 12.1 Å². The minimum atomic E-state index is 0.706. The standard InChI is InChI=1S/C17H16N4/c18-13-11-19-20(12-13)9-10-21-16-7-3-1-5-14(16)15-6-2-4-8-17(15)21/h1-8,11-12H,9-10,18H2. The lowest BCUT2D eigenvalue weighted by atomic mass is 10.2. The Kier molecular flexibility index (Phi) is 2.67. The summed E-state index contributed by atoms with van der Waals surface area (Å²) in [5, 5.41) is 6.85. The van der Waals surface area contributed by atoms with Gasteiger partial charge in [-0.25, -0.2) is 0 Å². The average Bonchev–Trinajstić information content (AvgIpc) is 3.07. The van der Waals surface area contributed by atoms with Crippen LogP contribution in [0.5, 0.6) is 0 Å². The molecule has 0 bridgehead atoms. The van der Waals surface area contributed by atoms with Crippen LogP contribution in [0.2, 0.25) is 0 Å². The van der Waals surface area contributed by atoms with Crippen LogP contribution in [0.15, 0.2) is 60.9 Å². The van der Waals surface area contributed by atoms with Crippen molar-refractivity contribution in [3.8, 4) is 0 Å². The fraction of sp³-hybridized carbons (Fsp3) is 0.118. The van der Waals surface area contributed by atoms with Gasteiger partial charge in [0.05, 0.1) is 18.4 Å². The topological polar surface area (TPSA) is 48.8 Å². The third-order valence-electron chi connectivity index (χ3n) is 3.89. The molecule has 0 saturated heterocycles. The van der Waals surface area contributed by atoms with Gasteiger partial charge >= 0.3 is 0 Å². The van der Waals surface area contributed by atoms with Gasteiger partial charge in [0.1, 0.15) is 0 Å². The molecule has 2 N–H and O–H groups in total. The molecule has 2 aromatic heterocycles. The minimum Gasteiger partial charge on any atom is -0.396 e. The van der Waals surface area contributed by atoms with E-state index in [0.717, 1.165) is 13.1 Å². The second-order valence-electron chi connectivity index (χ2n) is 5.22.